The van der Waals surface area contributed by atoms with Crippen LogP contribution in [0.25, 0.3) is 11.3 Å². The molecule has 0 radical (unpaired) electrons. The zero-order chi connectivity index (χ0) is 20.1. The van der Waals surface area contributed by atoms with E-state index >= 15 is 0 Å². The Hall–Kier alpha value is -2.70. The van der Waals surface area contributed by atoms with Crippen LogP contribution in [0.4, 0.5) is 10.1 Å². The minimum atomic E-state index is -0.304. The predicted octanol–water partition coefficient (Wildman–Crippen LogP) is 4.90. The second-order valence-corrected chi connectivity index (χ2v) is 6.87. The van der Waals surface area contributed by atoms with Crippen LogP contribution in [0.1, 0.15) is 18.4 Å². The van der Waals surface area contributed by atoms with Gasteiger partial charge in [-0.2, -0.15) is 0 Å². The van der Waals surface area contributed by atoms with E-state index in [1.54, 1.807) is 30.5 Å². The van der Waals surface area contributed by atoms with Gasteiger partial charge in [-0.15, -0.1) is 0 Å². The summed E-state index contributed by atoms with van der Waals surface area (Å²) < 4.78 is 18.8. The molecular weight excluding hydrogens is 381 g/mol. The topological polar surface area (TPSA) is 58.4 Å². The number of carbonyl (C=O) groups is 1. The standard InChI is InChI=1S/C21H21ClFN3O2/c1-3-26(12-20(27)25-18-10-16(22)7-4-14(18)2)13-21-24-11-19(28-21)15-5-8-17(23)9-6-15/h4-11H,3,12-13H2,1-2H3,(H,25,27). The van der Waals surface area contributed by atoms with E-state index in [1.165, 1.54) is 12.1 Å². The van der Waals surface area contributed by atoms with Crippen molar-refractivity contribution >= 4 is 23.2 Å². The largest absolute Gasteiger partial charge is 0.439 e. The van der Waals surface area contributed by atoms with Crippen molar-refractivity contribution in [3.05, 3.63) is 71.0 Å². The van der Waals surface area contributed by atoms with Crippen LogP contribution >= 0.6 is 11.6 Å². The first-order chi connectivity index (χ1) is 13.4. The number of nitrogens with zero attached hydrogens (tertiary/aromatic N) is 2. The number of benzene rings is 2. The number of aryl methyl sites for hydroxylation is 1. The van der Waals surface area contributed by atoms with Gasteiger partial charge in [-0.1, -0.05) is 24.6 Å². The van der Waals surface area contributed by atoms with Crippen LogP contribution in [0.5, 0.6) is 0 Å². The highest BCUT2D eigenvalue weighted by atomic mass is 35.5. The molecule has 3 rings (SSSR count). The molecule has 0 unspecified atom stereocenters. The van der Waals surface area contributed by atoms with Gasteiger partial charge in [0.25, 0.3) is 0 Å². The normalized spacial score (nSPS) is 11.0. The Bertz CT molecular complexity index is 957. The third-order valence-corrected chi connectivity index (χ3v) is 4.56. The minimum absolute atomic E-state index is 0.141. The van der Waals surface area contributed by atoms with Gasteiger partial charge in [0.15, 0.2) is 5.76 Å². The smallest absolute Gasteiger partial charge is 0.238 e. The van der Waals surface area contributed by atoms with Gasteiger partial charge in [0.05, 0.1) is 19.3 Å². The number of likely N-dealkylation sites (N-methyl/N-ethyl adjacent to an activating group) is 1. The van der Waals surface area contributed by atoms with Gasteiger partial charge in [-0.25, -0.2) is 9.37 Å². The first-order valence-corrected chi connectivity index (χ1v) is 9.31. The number of amides is 1. The van der Waals surface area contributed by atoms with Crippen LogP contribution < -0.4 is 5.32 Å². The Morgan fingerprint density at radius 3 is 2.71 bits per heavy atom. The van der Waals surface area contributed by atoms with Crippen molar-refractivity contribution in [2.24, 2.45) is 0 Å². The Balaban J connectivity index is 1.62. The molecule has 7 heteroatoms. The van der Waals surface area contributed by atoms with E-state index in [0.29, 0.717) is 35.5 Å². The number of anilines is 1. The van der Waals surface area contributed by atoms with E-state index in [1.807, 2.05) is 24.8 Å². The monoisotopic (exact) mass is 401 g/mol. The van der Waals surface area contributed by atoms with E-state index < -0.39 is 0 Å². The summed E-state index contributed by atoms with van der Waals surface area (Å²) >= 11 is 6.00. The summed E-state index contributed by atoms with van der Waals surface area (Å²) in [5, 5.41) is 3.46. The predicted molar refractivity (Wildman–Crippen MR) is 108 cm³/mol. The molecule has 0 spiro atoms. The van der Waals surface area contributed by atoms with Crippen molar-refractivity contribution in [3.63, 3.8) is 0 Å². The third kappa shape index (κ3) is 5.18. The summed E-state index contributed by atoms with van der Waals surface area (Å²) in [5.74, 6) is 0.608. The molecule has 1 heterocycles. The zero-order valence-electron chi connectivity index (χ0n) is 15.7. The van der Waals surface area contributed by atoms with Gasteiger partial charge in [0, 0.05) is 16.3 Å². The van der Waals surface area contributed by atoms with Gasteiger partial charge >= 0.3 is 0 Å². The highest BCUT2D eigenvalue weighted by Gasteiger charge is 2.14. The molecule has 0 aliphatic carbocycles. The number of aromatic nitrogens is 1. The second kappa shape index (κ2) is 8.99. The van der Waals surface area contributed by atoms with E-state index in [4.69, 9.17) is 16.0 Å². The average molecular weight is 402 g/mol. The molecule has 0 atom stereocenters. The minimum Gasteiger partial charge on any atom is -0.439 e. The lowest BCUT2D eigenvalue weighted by molar-refractivity contribution is -0.117. The molecular formula is C21H21ClFN3O2. The van der Waals surface area contributed by atoms with Crippen LogP contribution in [-0.2, 0) is 11.3 Å². The quantitative estimate of drug-likeness (QED) is 0.611. The SMILES string of the molecule is CCN(CC(=O)Nc1cc(Cl)ccc1C)Cc1ncc(-c2ccc(F)cc2)o1. The molecule has 0 saturated heterocycles. The lowest BCUT2D eigenvalue weighted by atomic mass is 10.2. The number of hydrogen-bond acceptors (Lipinski definition) is 4. The van der Waals surface area contributed by atoms with E-state index in [0.717, 1.165) is 11.1 Å². The molecule has 0 aliphatic rings. The lowest BCUT2D eigenvalue weighted by Crippen LogP contribution is -2.33. The fourth-order valence-electron chi connectivity index (χ4n) is 2.72. The maximum atomic E-state index is 13.1. The second-order valence-electron chi connectivity index (χ2n) is 6.44. The highest BCUT2D eigenvalue weighted by molar-refractivity contribution is 6.31. The van der Waals surface area contributed by atoms with Crippen molar-refractivity contribution in [1.82, 2.24) is 9.88 Å². The molecule has 28 heavy (non-hydrogen) atoms. The summed E-state index contributed by atoms with van der Waals surface area (Å²) in [6.07, 6.45) is 1.60. The van der Waals surface area contributed by atoms with E-state index in [-0.39, 0.29) is 18.3 Å². The molecule has 146 valence electrons. The molecule has 0 bridgehead atoms. The van der Waals surface area contributed by atoms with Gasteiger partial charge in [0.1, 0.15) is 5.82 Å². The Kier molecular flexibility index (Phi) is 6.44. The Labute approximate surface area is 168 Å². The molecule has 5 nitrogen and oxygen atoms in total. The van der Waals surface area contributed by atoms with Crippen molar-refractivity contribution in [1.29, 1.82) is 0 Å². The maximum absolute atomic E-state index is 13.1. The summed E-state index contributed by atoms with van der Waals surface area (Å²) in [6.45, 7) is 5.10. The van der Waals surface area contributed by atoms with Crippen LogP contribution in [0, 0.1) is 12.7 Å². The van der Waals surface area contributed by atoms with Crippen molar-refractivity contribution in [3.8, 4) is 11.3 Å². The molecule has 1 aromatic heterocycles. The average Bonchev–Trinajstić information content (AvgIpc) is 3.13. The first-order valence-electron chi connectivity index (χ1n) is 8.93. The number of nitrogens with one attached hydrogen (secondary N) is 1. The summed E-state index contributed by atoms with van der Waals surface area (Å²) in [7, 11) is 0. The van der Waals surface area contributed by atoms with Crippen molar-refractivity contribution in [2.45, 2.75) is 20.4 Å². The van der Waals surface area contributed by atoms with Crippen LogP contribution in [0.15, 0.2) is 53.1 Å². The van der Waals surface area contributed by atoms with Gasteiger partial charge in [-0.05, 0) is 55.4 Å². The molecule has 1 amide bonds. The van der Waals surface area contributed by atoms with Crippen LogP contribution in [-0.4, -0.2) is 28.9 Å². The van der Waals surface area contributed by atoms with Crippen LogP contribution in [0.2, 0.25) is 5.02 Å². The number of rotatable bonds is 7. The van der Waals surface area contributed by atoms with Gasteiger partial charge in [-0.3, -0.25) is 9.69 Å². The van der Waals surface area contributed by atoms with Crippen molar-refractivity contribution < 1.29 is 13.6 Å². The Morgan fingerprint density at radius 2 is 2.00 bits per heavy atom. The molecule has 2 aromatic carbocycles. The maximum Gasteiger partial charge on any atom is 0.238 e. The fourth-order valence-corrected chi connectivity index (χ4v) is 2.90. The molecule has 0 fully saturated rings. The molecule has 0 saturated carbocycles. The number of halogens is 2. The van der Waals surface area contributed by atoms with Gasteiger partial charge < -0.3 is 9.73 Å². The number of oxazole rings is 1. The molecule has 3 aromatic rings. The summed E-state index contributed by atoms with van der Waals surface area (Å²) in [6, 6.07) is 11.4. The summed E-state index contributed by atoms with van der Waals surface area (Å²) in [4.78, 5) is 18.6. The van der Waals surface area contributed by atoms with Gasteiger partial charge in [0.2, 0.25) is 11.8 Å². The van der Waals surface area contributed by atoms with E-state index in [9.17, 15) is 9.18 Å². The fraction of sp³-hybridized carbons (Fsp3) is 0.238. The highest BCUT2D eigenvalue weighted by Crippen LogP contribution is 2.22. The number of carbonyl (C=O) groups excluding carboxylic acids is 1. The molecule has 0 aliphatic heterocycles. The third-order valence-electron chi connectivity index (χ3n) is 4.33. The Morgan fingerprint density at radius 1 is 1.25 bits per heavy atom. The number of hydrogen-bond donors (Lipinski definition) is 1. The first kappa shape index (κ1) is 20.0. The summed E-state index contributed by atoms with van der Waals surface area (Å²) in [5.41, 5.74) is 2.39. The molecule has 1 N–H and O–H groups in total. The zero-order valence-corrected chi connectivity index (χ0v) is 16.5. The lowest BCUT2D eigenvalue weighted by Gasteiger charge is -2.18. The van der Waals surface area contributed by atoms with Crippen molar-refractivity contribution in [2.75, 3.05) is 18.4 Å². The van der Waals surface area contributed by atoms with E-state index in [2.05, 4.69) is 10.3 Å². The van der Waals surface area contributed by atoms with Crippen LogP contribution in [0.3, 0.4) is 0 Å².